The summed E-state index contributed by atoms with van der Waals surface area (Å²) in [6.45, 7) is 2.14. The van der Waals surface area contributed by atoms with E-state index in [4.69, 9.17) is 9.47 Å². The molecule has 0 amide bonds. The quantitative estimate of drug-likeness (QED) is 0.900. The fraction of sp³-hybridized carbons (Fsp3) is 0.615. The molecule has 0 spiro atoms. The molecule has 0 unspecified atom stereocenters. The number of fused-ring (bicyclic) bond motifs is 1. The molecule has 0 aliphatic carbocycles. The fourth-order valence-corrected chi connectivity index (χ4v) is 3.22. The molecule has 8 heteroatoms. The Morgan fingerprint density at radius 3 is 2.90 bits per heavy atom. The molecular formula is C13H18BrN5O2. The number of methoxy groups -OCH3 is 1. The molecule has 0 aromatic carbocycles. The zero-order chi connectivity index (χ0) is 14.9. The van der Waals surface area contributed by atoms with Crippen LogP contribution in [0.25, 0.3) is 11.0 Å². The summed E-state index contributed by atoms with van der Waals surface area (Å²) < 4.78 is 13.6. The summed E-state index contributed by atoms with van der Waals surface area (Å²) in [6.07, 6.45) is 3.29. The summed E-state index contributed by atoms with van der Waals surface area (Å²) in [5.74, 6) is 0.767. The molecule has 1 saturated heterocycles. The van der Waals surface area contributed by atoms with Gasteiger partial charge in [0.1, 0.15) is 16.7 Å². The van der Waals surface area contributed by atoms with Crippen molar-refractivity contribution in [2.45, 2.75) is 18.4 Å². The minimum atomic E-state index is -0.204. The third-order valence-corrected chi connectivity index (χ3v) is 4.55. The van der Waals surface area contributed by atoms with Crippen LogP contribution in [-0.4, -0.2) is 52.2 Å². The van der Waals surface area contributed by atoms with Crippen molar-refractivity contribution >= 4 is 32.8 Å². The highest BCUT2D eigenvalue weighted by Gasteiger charge is 2.32. The maximum atomic E-state index is 5.73. The van der Waals surface area contributed by atoms with Gasteiger partial charge in [-0.1, -0.05) is 0 Å². The van der Waals surface area contributed by atoms with Crippen LogP contribution < -0.4 is 5.32 Å². The largest absolute Gasteiger partial charge is 0.381 e. The van der Waals surface area contributed by atoms with Crippen molar-refractivity contribution in [1.29, 1.82) is 0 Å². The Kier molecular flexibility index (Phi) is 4.10. The minimum absolute atomic E-state index is 0.204. The van der Waals surface area contributed by atoms with E-state index in [0.29, 0.717) is 6.54 Å². The van der Waals surface area contributed by atoms with Gasteiger partial charge in [0, 0.05) is 46.8 Å². The van der Waals surface area contributed by atoms with Crippen LogP contribution in [0.15, 0.2) is 10.9 Å². The third kappa shape index (κ3) is 2.75. The monoisotopic (exact) mass is 355 g/mol. The molecule has 21 heavy (non-hydrogen) atoms. The molecule has 0 atom stereocenters. The molecule has 0 bridgehead atoms. The molecule has 0 saturated carbocycles. The van der Waals surface area contributed by atoms with Crippen molar-refractivity contribution in [3.05, 3.63) is 10.9 Å². The number of anilines is 1. The Morgan fingerprint density at radius 1 is 1.43 bits per heavy atom. The Hall–Kier alpha value is -1.25. The summed E-state index contributed by atoms with van der Waals surface area (Å²) in [5, 5.41) is 8.60. The number of hydrogen-bond donors (Lipinski definition) is 1. The van der Waals surface area contributed by atoms with Gasteiger partial charge in [0.25, 0.3) is 0 Å². The summed E-state index contributed by atoms with van der Waals surface area (Å²) in [5.41, 5.74) is 0.585. The first-order chi connectivity index (χ1) is 10.2. The second-order valence-corrected chi connectivity index (χ2v) is 5.94. The SMILES string of the molecule is COC1(CNc2ncnc3c2c(Br)nn3C)CCOCC1. The van der Waals surface area contributed by atoms with Gasteiger partial charge in [-0.2, -0.15) is 5.10 Å². The van der Waals surface area contributed by atoms with Gasteiger partial charge >= 0.3 is 0 Å². The van der Waals surface area contributed by atoms with Crippen molar-refractivity contribution in [3.8, 4) is 0 Å². The van der Waals surface area contributed by atoms with Crippen molar-refractivity contribution in [2.24, 2.45) is 7.05 Å². The summed E-state index contributed by atoms with van der Waals surface area (Å²) in [7, 11) is 3.61. The number of aromatic nitrogens is 4. The highest BCUT2D eigenvalue weighted by atomic mass is 79.9. The van der Waals surface area contributed by atoms with Gasteiger partial charge in [-0.25, -0.2) is 14.6 Å². The van der Waals surface area contributed by atoms with E-state index in [1.807, 2.05) is 7.05 Å². The van der Waals surface area contributed by atoms with Gasteiger partial charge < -0.3 is 14.8 Å². The van der Waals surface area contributed by atoms with Crippen LogP contribution in [0.5, 0.6) is 0 Å². The number of aryl methyl sites for hydroxylation is 1. The van der Waals surface area contributed by atoms with E-state index in [1.54, 1.807) is 18.1 Å². The van der Waals surface area contributed by atoms with Crippen LogP contribution in [0.1, 0.15) is 12.8 Å². The average Bonchev–Trinajstić information content (AvgIpc) is 2.82. The van der Waals surface area contributed by atoms with Crippen molar-refractivity contribution in [3.63, 3.8) is 0 Å². The lowest BCUT2D eigenvalue weighted by Gasteiger charge is -2.36. The summed E-state index contributed by atoms with van der Waals surface area (Å²) in [6, 6.07) is 0. The second-order valence-electron chi connectivity index (χ2n) is 5.19. The van der Waals surface area contributed by atoms with Crippen molar-refractivity contribution in [1.82, 2.24) is 19.7 Å². The van der Waals surface area contributed by atoms with Crippen LogP contribution in [0.2, 0.25) is 0 Å². The third-order valence-electron chi connectivity index (χ3n) is 3.99. The molecule has 3 rings (SSSR count). The number of ether oxygens (including phenoxy) is 2. The van der Waals surface area contributed by atoms with Crippen LogP contribution in [0.3, 0.4) is 0 Å². The van der Waals surface area contributed by atoms with Crippen molar-refractivity contribution < 1.29 is 9.47 Å². The Balaban J connectivity index is 1.85. The topological polar surface area (TPSA) is 74.1 Å². The average molecular weight is 356 g/mol. The van der Waals surface area contributed by atoms with Crippen molar-refractivity contribution in [2.75, 3.05) is 32.2 Å². The van der Waals surface area contributed by atoms with E-state index in [0.717, 1.165) is 47.5 Å². The molecule has 1 N–H and O–H groups in total. The van der Waals surface area contributed by atoms with Gasteiger partial charge in [-0.15, -0.1) is 0 Å². The molecule has 3 heterocycles. The zero-order valence-corrected chi connectivity index (χ0v) is 13.7. The number of nitrogens with zero attached hydrogens (tertiary/aromatic N) is 4. The molecule has 0 radical (unpaired) electrons. The molecular weight excluding hydrogens is 338 g/mol. The maximum Gasteiger partial charge on any atom is 0.164 e. The predicted molar refractivity (Wildman–Crippen MR) is 82.3 cm³/mol. The lowest BCUT2D eigenvalue weighted by molar-refractivity contribution is -0.0807. The van der Waals surface area contributed by atoms with Gasteiger partial charge in [0.2, 0.25) is 0 Å². The van der Waals surface area contributed by atoms with E-state index < -0.39 is 0 Å². The van der Waals surface area contributed by atoms with Crippen LogP contribution in [0.4, 0.5) is 5.82 Å². The second kappa shape index (κ2) is 5.86. The van der Waals surface area contributed by atoms with Crippen LogP contribution >= 0.6 is 15.9 Å². The van der Waals surface area contributed by atoms with E-state index in [9.17, 15) is 0 Å². The molecule has 2 aromatic rings. The molecule has 7 nitrogen and oxygen atoms in total. The number of nitrogens with one attached hydrogen (secondary N) is 1. The first-order valence-corrected chi connectivity index (χ1v) is 7.64. The number of hydrogen-bond acceptors (Lipinski definition) is 6. The highest BCUT2D eigenvalue weighted by molar-refractivity contribution is 9.10. The number of rotatable bonds is 4. The van der Waals surface area contributed by atoms with E-state index in [2.05, 4.69) is 36.3 Å². The maximum absolute atomic E-state index is 5.73. The molecule has 2 aromatic heterocycles. The first-order valence-electron chi connectivity index (χ1n) is 6.85. The molecule has 114 valence electrons. The standard InChI is InChI=1S/C13H18BrN5O2/c1-19-12-9(10(14)18-19)11(16-8-17-12)15-7-13(20-2)3-5-21-6-4-13/h8H,3-7H2,1-2H3,(H,15,16,17). The lowest BCUT2D eigenvalue weighted by atomic mass is 9.94. The molecule has 1 aliphatic rings. The highest BCUT2D eigenvalue weighted by Crippen LogP contribution is 2.29. The van der Waals surface area contributed by atoms with E-state index in [-0.39, 0.29) is 5.60 Å². The summed E-state index contributed by atoms with van der Waals surface area (Å²) >= 11 is 3.46. The predicted octanol–water partition coefficient (Wildman–Crippen LogP) is 1.73. The lowest BCUT2D eigenvalue weighted by Crippen LogP contribution is -2.44. The Bertz CT molecular complexity index is 639. The molecule has 1 aliphatic heterocycles. The van der Waals surface area contributed by atoms with Crippen LogP contribution in [-0.2, 0) is 16.5 Å². The van der Waals surface area contributed by atoms with Crippen LogP contribution in [0, 0.1) is 0 Å². The Morgan fingerprint density at radius 2 is 2.19 bits per heavy atom. The van der Waals surface area contributed by atoms with Gasteiger partial charge in [-0.3, -0.25) is 0 Å². The zero-order valence-electron chi connectivity index (χ0n) is 12.1. The smallest absolute Gasteiger partial charge is 0.164 e. The minimum Gasteiger partial charge on any atom is -0.381 e. The van der Waals surface area contributed by atoms with E-state index >= 15 is 0 Å². The molecule has 1 fully saturated rings. The summed E-state index contributed by atoms with van der Waals surface area (Å²) in [4.78, 5) is 8.60. The normalized spacial score (nSPS) is 18.0. The van der Waals surface area contributed by atoms with Gasteiger partial charge in [0.05, 0.1) is 11.0 Å². The Labute approximate surface area is 131 Å². The first kappa shape index (κ1) is 14.7. The van der Waals surface area contributed by atoms with Gasteiger partial charge in [-0.05, 0) is 15.9 Å². The fourth-order valence-electron chi connectivity index (χ4n) is 2.62. The van der Waals surface area contributed by atoms with E-state index in [1.165, 1.54) is 0 Å². The number of halogens is 1. The van der Waals surface area contributed by atoms with Gasteiger partial charge in [0.15, 0.2) is 5.65 Å².